The van der Waals surface area contributed by atoms with Crippen LogP contribution in [-0.4, -0.2) is 43.9 Å². The van der Waals surface area contributed by atoms with Crippen molar-refractivity contribution >= 4 is 0 Å². The molecule has 6 N–H and O–H groups in total. The molecule has 5 heteroatoms. The number of nitrogens with two attached hydrogens (primary N) is 2. The van der Waals surface area contributed by atoms with Gasteiger partial charge in [0, 0.05) is 32.7 Å². The minimum Gasteiger partial charge on any atom is -0.329 e. The smallest absolute Gasteiger partial charge is 0.0834 e. The maximum Gasteiger partial charge on any atom is 0.0834 e. The molecular formula is C6H17N5. The van der Waals surface area contributed by atoms with Crippen molar-refractivity contribution in [1.82, 2.24) is 15.8 Å². The molecule has 1 saturated heterocycles. The summed E-state index contributed by atoms with van der Waals surface area (Å²) in [5.41, 5.74) is 14.3. The highest BCUT2D eigenvalue weighted by atomic mass is 15.6. The van der Waals surface area contributed by atoms with E-state index in [-0.39, 0.29) is 6.17 Å². The first-order valence-corrected chi connectivity index (χ1v) is 4.01. The van der Waals surface area contributed by atoms with E-state index in [1.54, 1.807) is 0 Å². The fourth-order valence-corrected chi connectivity index (χ4v) is 1.13. The Balaban J connectivity index is 2.18. The first kappa shape index (κ1) is 8.89. The Hall–Kier alpha value is -0.200. The Kier molecular flexibility index (Phi) is 3.74. The van der Waals surface area contributed by atoms with Gasteiger partial charge in [-0.15, -0.1) is 0 Å². The van der Waals surface area contributed by atoms with Crippen LogP contribution in [0.2, 0.25) is 0 Å². The lowest BCUT2D eigenvalue weighted by Gasteiger charge is -2.33. The van der Waals surface area contributed by atoms with Crippen molar-refractivity contribution in [1.29, 1.82) is 0 Å². The van der Waals surface area contributed by atoms with Gasteiger partial charge in [-0.2, -0.15) is 0 Å². The van der Waals surface area contributed by atoms with Crippen LogP contribution in [0.3, 0.4) is 0 Å². The molecule has 1 unspecified atom stereocenters. The number of hydrogen-bond donors (Lipinski definition) is 4. The molecular weight excluding hydrogens is 142 g/mol. The minimum atomic E-state index is 0.0790. The predicted octanol–water partition coefficient (Wildman–Crippen LogP) is -2.36. The molecule has 0 aliphatic carbocycles. The first-order chi connectivity index (χ1) is 5.34. The number of nitrogens with zero attached hydrogens (tertiary/aromatic N) is 1. The zero-order chi connectivity index (χ0) is 8.10. The topological polar surface area (TPSA) is 79.3 Å². The molecule has 0 aromatic rings. The van der Waals surface area contributed by atoms with E-state index in [4.69, 9.17) is 11.5 Å². The molecule has 5 nitrogen and oxygen atoms in total. The Morgan fingerprint density at radius 3 is 3.09 bits per heavy atom. The number of hydrazine groups is 1. The molecule has 0 amide bonds. The van der Waals surface area contributed by atoms with Crippen LogP contribution in [0.4, 0.5) is 0 Å². The summed E-state index contributed by atoms with van der Waals surface area (Å²) in [5, 5.41) is 5.23. The molecule has 1 atom stereocenters. The summed E-state index contributed by atoms with van der Waals surface area (Å²) in [6.45, 7) is 4.23. The van der Waals surface area contributed by atoms with Crippen molar-refractivity contribution in [2.45, 2.75) is 6.17 Å². The summed E-state index contributed by atoms with van der Waals surface area (Å²) in [5.74, 6) is 0. The van der Waals surface area contributed by atoms with Gasteiger partial charge in [0.2, 0.25) is 0 Å². The number of rotatable bonds is 3. The second-order valence-corrected chi connectivity index (χ2v) is 2.66. The van der Waals surface area contributed by atoms with Crippen molar-refractivity contribution in [3.8, 4) is 0 Å². The summed E-state index contributed by atoms with van der Waals surface area (Å²) < 4.78 is 0. The second kappa shape index (κ2) is 4.63. The van der Waals surface area contributed by atoms with Gasteiger partial charge >= 0.3 is 0 Å². The molecule has 11 heavy (non-hydrogen) atoms. The van der Waals surface area contributed by atoms with Crippen molar-refractivity contribution in [3.63, 3.8) is 0 Å². The van der Waals surface area contributed by atoms with Crippen LogP contribution < -0.4 is 22.2 Å². The van der Waals surface area contributed by atoms with Gasteiger partial charge in [0.25, 0.3) is 0 Å². The lowest BCUT2D eigenvalue weighted by molar-refractivity contribution is 0.102. The van der Waals surface area contributed by atoms with E-state index in [1.165, 1.54) is 0 Å². The van der Waals surface area contributed by atoms with Gasteiger partial charge < -0.3 is 16.8 Å². The van der Waals surface area contributed by atoms with Crippen LogP contribution in [-0.2, 0) is 0 Å². The third kappa shape index (κ3) is 2.72. The van der Waals surface area contributed by atoms with Gasteiger partial charge in [-0.3, -0.25) is 5.43 Å². The van der Waals surface area contributed by atoms with E-state index in [2.05, 4.69) is 10.7 Å². The second-order valence-electron chi connectivity index (χ2n) is 2.66. The molecule has 66 valence electrons. The van der Waals surface area contributed by atoms with E-state index in [9.17, 15) is 0 Å². The Morgan fingerprint density at radius 1 is 1.64 bits per heavy atom. The van der Waals surface area contributed by atoms with Crippen LogP contribution in [0.15, 0.2) is 0 Å². The van der Waals surface area contributed by atoms with E-state index in [0.717, 1.165) is 26.2 Å². The standard InChI is InChI=1S/C6H17N5/c7-1-2-10-11-4-3-9-5-6(11)8/h6,9-10H,1-5,7-8H2. The predicted molar refractivity (Wildman–Crippen MR) is 44.6 cm³/mol. The average molecular weight is 159 g/mol. The SMILES string of the molecule is NCCNN1CCNCC1N. The summed E-state index contributed by atoms with van der Waals surface area (Å²) >= 11 is 0. The van der Waals surface area contributed by atoms with Gasteiger partial charge in [0.15, 0.2) is 0 Å². The monoisotopic (exact) mass is 159 g/mol. The Labute approximate surface area is 67.1 Å². The molecule has 0 bridgehead atoms. The largest absolute Gasteiger partial charge is 0.329 e. The molecule has 0 aromatic carbocycles. The third-order valence-electron chi connectivity index (χ3n) is 1.74. The zero-order valence-electron chi connectivity index (χ0n) is 6.71. The summed E-state index contributed by atoms with van der Waals surface area (Å²) in [7, 11) is 0. The van der Waals surface area contributed by atoms with Crippen LogP contribution in [0.5, 0.6) is 0 Å². The van der Waals surface area contributed by atoms with Crippen molar-refractivity contribution in [2.24, 2.45) is 11.5 Å². The van der Waals surface area contributed by atoms with Gasteiger partial charge in [0.1, 0.15) is 0 Å². The van der Waals surface area contributed by atoms with Gasteiger partial charge in [-0.05, 0) is 0 Å². The van der Waals surface area contributed by atoms with Gasteiger partial charge in [-0.25, -0.2) is 5.01 Å². The van der Waals surface area contributed by atoms with E-state index >= 15 is 0 Å². The highest BCUT2D eigenvalue weighted by molar-refractivity contribution is 4.71. The third-order valence-corrected chi connectivity index (χ3v) is 1.74. The molecule has 1 aliphatic rings. The first-order valence-electron chi connectivity index (χ1n) is 4.01. The van der Waals surface area contributed by atoms with Gasteiger partial charge in [-0.1, -0.05) is 0 Å². The maximum absolute atomic E-state index is 5.78. The molecule has 1 rings (SSSR count). The normalized spacial score (nSPS) is 27.3. The minimum absolute atomic E-state index is 0.0790. The number of nitrogens with one attached hydrogen (secondary N) is 2. The van der Waals surface area contributed by atoms with Crippen LogP contribution in [0, 0.1) is 0 Å². The molecule has 0 radical (unpaired) electrons. The summed E-state index contributed by atoms with van der Waals surface area (Å²) in [6.07, 6.45) is 0.0790. The Morgan fingerprint density at radius 2 is 2.45 bits per heavy atom. The summed E-state index contributed by atoms with van der Waals surface area (Å²) in [4.78, 5) is 0. The number of hydrogen-bond acceptors (Lipinski definition) is 5. The molecule has 0 aromatic heterocycles. The fraction of sp³-hybridized carbons (Fsp3) is 1.00. The molecule has 1 heterocycles. The zero-order valence-corrected chi connectivity index (χ0v) is 6.71. The molecule has 1 fully saturated rings. The quantitative estimate of drug-likeness (QED) is 0.370. The van der Waals surface area contributed by atoms with Gasteiger partial charge in [0.05, 0.1) is 6.17 Å². The summed E-state index contributed by atoms with van der Waals surface area (Å²) in [6, 6.07) is 0. The molecule has 1 aliphatic heterocycles. The van der Waals surface area contributed by atoms with E-state index in [1.807, 2.05) is 5.01 Å². The van der Waals surface area contributed by atoms with Crippen molar-refractivity contribution in [3.05, 3.63) is 0 Å². The lowest BCUT2D eigenvalue weighted by Crippen LogP contribution is -2.61. The van der Waals surface area contributed by atoms with Crippen LogP contribution >= 0.6 is 0 Å². The highest BCUT2D eigenvalue weighted by Gasteiger charge is 2.16. The van der Waals surface area contributed by atoms with Crippen LogP contribution in [0.1, 0.15) is 0 Å². The van der Waals surface area contributed by atoms with E-state index in [0.29, 0.717) is 6.54 Å². The highest BCUT2D eigenvalue weighted by Crippen LogP contribution is 1.91. The lowest BCUT2D eigenvalue weighted by atomic mass is 10.3. The fourth-order valence-electron chi connectivity index (χ4n) is 1.13. The van der Waals surface area contributed by atoms with E-state index < -0.39 is 0 Å². The van der Waals surface area contributed by atoms with Crippen molar-refractivity contribution < 1.29 is 0 Å². The molecule has 0 saturated carbocycles. The maximum atomic E-state index is 5.78. The average Bonchev–Trinajstić information content (AvgIpc) is 2.03. The Bertz CT molecular complexity index is 107. The molecule has 0 spiro atoms. The van der Waals surface area contributed by atoms with Crippen LogP contribution in [0.25, 0.3) is 0 Å². The van der Waals surface area contributed by atoms with Crippen molar-refractivity contribution in [2.75, 3.05) is 32.7 Å². The number of piperazine rings is 1.